The first kappa shape index (κ1) is 63.3. The number of allylic oxidation sites excluding steroid dienone is 4. The maximum absolute atomic E-state index is 13.3. The second-order valence-corrected chi connectivity index (χ2v) is 20.0. The molecule has 0 aliphatic heterocycles. The second-order valence-electron chi connectivity index (χ2n) is 20.0. The molecule has 0 spiro atoms. The van der Waals surface area contributed by atoms with E-state index in [1.54, 1.807) is 0 Å². The summed E-state index contributed by atoms with van der Waals surface area (Å²) in [5.41, 5.74) is 0. The van der Waals surface area contributed by atoms with E-state index in [9.17, 15) is 19.8 Å². The molecule has 3 unspecified atom stereocenters. The lowest BCUT2D eigenvalue weighted by atomic mass is 10.0. The summed E-state index contributed by atoms with van der Waals surface area (Å²) in [5, 5.41) is 23.8. The van der Waals surface area contributed by atoms with Crippen LogP contribution in [0.5, 0.6) is 0 Å². The number of rotatable bonds is 53. The highest BCUT2D eigenvalue weighted by Crippen LogP contribution is 2.18. The number of carbonyl (C=O) groups is 2. The zero-order valence-corrected chi connectivity index (χ0v) is 43.9. The van der Waals surface area contributed by atoms with Gasteiger partial charge in [-0.05, 0) is 77.0 Å². The molecule has 3 atom stereocenters. The van der Waals surface area contributed by atoms with Crippen molar-refractivity contribution in [3.05, 3.63) is 24.3 Å². The van der Waals surface area contributed by atoms with Crippen molar-refractivity contribution in [1.29, 1.82) is 0 Å². The summed E-state index contributed by atoms with van der Waals surface area (Å²) >= 11 is 0. The fourth-order valence-electron chi connectivity index (χ4n) is 9.07. The number of unbranched alkanes of at least 4 members (excludes halogenated alkanes) is 37. The van der Waals surface area contributed by atoms with Crippen molar-refractivity contribution >= 4 is 11.9 Å². The van der Waals surface area contributed by atoms with Gasteiger partial charge < -0.3 is 20.3 Å². The van der Waals surface area contributed by atoms with Gasteiger partial charge in [0.2, 0.25) is 5.91 Å². The lowest BCUT2D eigenvalue weighted by Gasteiger charge is -2.24. The summed E-state index contributed by atoms with van der Waals surface area (Å²) in [6.45, 7) is 6.51. The summed E-state index contributed by atoms with van der Waals surface area (Å²) < 4.78 is 5.96. The number of amides is 1. The summed E-state index contributed by atoms with van der Waals surface area (Å²) in [4.78, 5) is 26.3. The normalized spacial score (nSPS) is 13.2. The van der Waals surface area contributed by atoms with Gasteiger partial charge in [-0.2, -0.15) is 0 Å². The third-order valence-corrected chi connectivity index (χ3v) is 13.5. The van der Waals surface area contributed by atoms with Gasteiger partial charge in [-0.3, -0.25) is 9.59 Å². The van der Waals surface area contributed by atoms with E-state index in [-0.39, 0.29) is 24.9 Å². The van der Waals surface area contributed by atoms with Crippen LogP contribution in [0.2, 0.25) is 0 Å². The third-order valence-electron chi connectivity index (χ3n) is 13.5. The number of aliphatic hydroxyl groups is 2. The monoisotopic (exact) mass is 916 g/mol. The maximum Gasteiger partial charge on any atom is 0.306 e. The predicted molar refractivity (Wildman–Crippen MR) is 283 cm³/mol. The summed E-state index contributed by atoms with van der Waals surface area (Å²) in [6, 6.07) is -0.703. The number of ether oxygens (including phenoxy) is 1. The number of nitrogens with one attached hydrogen (secondary N) is 1. The number of carbonyl (C=O) groups excluding carboxylic acids is 2. The third kappa shape index (κ3) is 48.6. The lowest BCUT2D eigenvalue weighted by molar-refractivity contribution is -0.151. The largest absolute Gasteiger partial charge is 0.462 e. The first-order valence-electron chi connectivity index (χ1n) is 29.1. The molecule has 384 valence electrons. The Balaban J connectivity index is 4.51. The van der Waals surface area contributed by atoms with E-state index in [1.807, 2.05) is 0 Å². The van der Waals surface area contributed by atoms with Crippen molar-refractivity contribution in [1.82, 2.24) is 5.32 Å². The van der Waals surface area contributed by atoms with Crippen LogP contribution in [0, 0.1) is 0 Å². The van der Waals surface area contributed by atoms with Gasteiger partial charge in [-0.15, -0.1) is 0 Å². The minimum atomic E-state index is -0.789. The van der Waals surface area contributed by atoms with E-state index in [2.05, 4.69) is 50.4 Å². The molecule has 3 N–H and O–H groups in total. The maximum atomic E-state index is 13.3. The van der Waals surface area contributed by atoms with Crippen LogP contribution in [0.15, 0.2) is 24.3 Å². The molecule has 0 saturated heterocycles. The average Bonchev–Trinajstić information content (AvgIpc) is 3.30. The minimum Gasteiger partial charge on any atom is -0.462 e. The molecule has 0 aromatic carbocycles. The van der Waals surface area contributed by atoms with Crippen molar-refractivity contribution in [2.75, 3.05) is 6.61 Å². The van der Waals surface area contributed by atoms with E-state index >= 15 is 0 Å². The highest BCUT2D eigenvalue weighted by atomic mass is 16.5. The van der Waals surface area contributed by atoms with Crippen LogP contribution in [-0.4, -0.2) is 46.9 Å². The highest BCUT2D eigenvalue weighted by molar-refractivity contribution is 5.77. The summed E-state index contributed by atoms with van der Waals surface area (Å²) in [5.74, 6) is -0.474. The van der Waals surface area contributed by atoms with Crippen molar-refractivity contribution in [2.45, 2.75) is 334 Å². The molecule has 0 heterocycles. The molecule has 1 amide bonds. The number of hydrogen-bond acceptors (Lipinski definition) is 5. The van der Waals surface area contributed by atoms with Crippen LogP contribution in [0.25, 0.3) is 0 Å². The average molecular weight is 917 g/mol. The lowest BCUT2D eigenvalue weighted by Crippen LogP contribution is -2.46. The Morgan fingerprint density at radius 1 is 0.431 bits per heavy atom. The molecule has 0 aromatic rings. The van der Waals surface area contributed by atoms with Crippen LogP contribution in [0.4, 0.5) is 0 Å². The Morgan fingerprint density at radius 2 is 0.738 bits per heavy atom. The van der Waals surface area contributed by atoms with Gasteiger partial charge in [0.25, 0.3) is 0 Å². The number of hydrogen-bond donors (Lipinski definition) is 3. The molecule has 0 radical (unpaired) electrons. The quantitative estimate of drug-likeness (QED) is 0.0321. The van der Waals surface area contributed by atoms with Gasteiger partial charge in [0.05, 0.1) is 25.2 Å². The molecular formula is C59H113NO5. The molecule has 0 bridgehead atoms. The van der Waals surface area contributed by atoms with Gasteiger partial charge in [0, 0.05) is 6.42 Å². The van der Waals surface area contributed by atoms with Gasteiger partial charge in [0.15, 0.2) is 0 Å². The van der Waals surface area contributed by atoms with Crippen LogP contribution in [0.1, 0.15) is 316 Å². The van der Waals surface area contributed by atoms with E-state index in [0.717, 1.165) is 57.8 Å². The fraction of sp³-hybridized carbons (Fsp3) is 0.898. The van der Waals surface area contributed by atoms with E-state index < -0.39 is 18.2 Å². The Bertz CT molecular complexity index is 1030. The fourth-order valence-corrected chi connectivity index (χ4v) is 9.07. The highest BCUT2D eigenvalue weighted by Gasteiger charge is 2.24. The van der Waals surface area contributed by atoms with Crippen molar-refractivity contribution < 1.29 is 24.5 Å². The summed E-state index contributed by atoms with van der Waals surface area (Å²) in [6.07, 6.45) is 62.4. The molecule has 6 nitrogen and oxygen atoms in total. The van der Waals surface area contributed by atoms with E-state index in [1.165, 1.54) is 212 Å². The standard InChI is InChI=1S/C59H113NO5/c1-4-7-10-13-16-19-22-25-27-28-29-30-31-34-37-40-43-46-49-52-59(64)65-55(50-47-44-41-38-35-33-26-23-20-17-14-11-8-5-2)53-58(63)60-56(54-61)57(62)51-48-45-42-39-36-32-24-21-18-15-12-9-6-3/h25,27,33,35,55-57,61-62H,4-24,26,28-32,34,36-54H2,1-3H3,(H,60,63)/b27-25+,35-33+. The van der Waals surface area contributed by atoms with Gasteiger partial charge in [-0.1, -0.05) is 251 Å². The van der Waals surface area contributed by atoms with Gasteiger partial charge >= 0.3 is 5.97 Å². The van der Waals surface area contributed by atoms with Crippen molar-refractivity contribution in [3.8, 4) is 0 Å². The molecule has 0 aliphatic rings. The van der Waals surface area contributed by atoms with Crippen LogP contribution in [0.3, 0.4) is 0 Å². The first-order chi connectivity index (χ1) is 32.0. The first-order valence-corrected chi connectivity index (χ1v) is 29.1. The van der Waals surface area contributed by atoms with Crippen molar-refractivity contribution in [2.24, 2.45) is 0 Å². The van der Waals surface area contributed by atoms with Crippen LogP contribution >= 0.6 is 0 Å². The SMILES string of the molecule is CCCCCCCC/C=C/CCCCCCCCCCCC(=O)OC(CCCCC/C=C/CCCCCCCCC)CC(=O)NC(CO)C(O)CCCCCCCCCCCCCCC. The number of aliphatic hydroxyl groups excluding tert-OH is 2. The molecule has 0 saturated carbocycles. The van der Waals surface area contributed by atoms with Crippen LogP contribution < -0.4 is 5.32 Å². The Morgan fingerprint density at radius 3 is 1.11 bits per heavy atom. The zero-order valence-electron chi connectivity index (χ0n) is 43.9. The van der Waals surface area contributed by atoms with Gasteiger partial charge in [0.1, 0.15) is 6.10 Å². The second kappa shape index (κ2) is 53.3. The summed E-state index contributed by atoms with van der Waals surface area (Å²) in [7, 11) is 0. The van der Waals surface area contributed by atoms with E-state index in [0.29, 0.717) is 19.3 Å². The number of esters is 1. The molecule has 0 aromatic heterocycles. The smallest absolute Gasteiger partial charge is 0.306 e. The topological polar surface area (TPSA) is 95.9 Å². The Labute approximate surface area is 405 Å². The van der Waals surface area contributed by atoms with Crippen molar-refractivity contribution in [3.63, 3.8) is 0 Å². The molecule has 0 fully saturated rings. The molecule has 0 rings (SSSR count). The van der Waals surface area contributed by atoms with Crippen LogP contribution in [-0.2, 0) is 14.3 Å². The molecule has 6 heteroatoms. The molecular weight excluding hydrogens is 803 g/mol. The van der Waals surface area contributed by atoms with Gasteiger partial charge in [-0.25, -0.2) is 0 Å². The predicted octanol–water partition coefficient (Wildman–Crippen LogP) is 17.9. The minimum absolute atomic E-state index is 0.0710. The molecule has 0 aliphatic carbocycles. The van der Waals surface area contributed by atoms with E-state index in [4.69, 9.17) is 4.74 Å². The Hall–Kier alpha value is -1.66. The zero-order chi connectivity index (χ0) is 47.4. The Kier molecular flexibility index (Phi) is 51.9. The molecule has 65 heavy (non-hydrogen) atoms.